The Bertz CT molecular complexity index is 829. The lowest BCUT2D eigenvalue weighted by atomic mass is 9.93. The van der Waals surface area contributed by atoms with E-state index in [1.165, 1.54) is 19.2 Å². The summed E-state index contributed by atoms with van der Waals surface area (Å²) in [7, 11) is 4.96. The molecule has 3 rings (SSSR count). The van der Waals surface area contributed by atoms with E-state index in [1.807, 2.05) is 0 Å². The van der Waals surface area contributed by atoms with Gasteiger partial charge in [0.25, 0.3) is 5.91 Å². The maximum Gasteiger partial charge on any atom is 0.261 e. The van der Waals surface area contributed by atoms with Crippen molar-refractivity contribution in [3.63, 3.8) is 0 Å². The second-order valence-corrected chi connectivity index (χ2v) is 7.20. The predicted octanol–water partition coefficient (Wildman–Crippen LogP) is 2.79. The number of aromatic nitrogens is 1. The van der Waals surface area contributed by atoms with Crippen LogP contribution >= 0.6 is 0 Å². The Hall–Kier alpha value is -2.61. The van der Waals surface area contributed by atoms with Crippen LogP contribution in [0.1, 0.15) is 29.6 Å². The molecule has 0 bridgehead atoms. The molecule has 0 saturated carbocycles. The molecule has 1 aromatic carbocycles. The van der Waals surface area contributed by atoms with Crippen LogP contribution in [-0.2, 0) is 0 Å². The average molecular weight is 391 g/mol. The third-order valence-electron chi connectivity index (χ3n) is 5.16. The number of anilines is 1. The molecule has 152 valence electrons. The number of aliphatic hydroxyl groups is 1. The number of amides is 1. The van der Waals surface area contributed by atoms with E-state index in [9.17, 15) is 9.18 Å². The van der Waals surface area contributed by atoms with Crippen LogP contribution in [0, 0.1) is 11.7 Å². The van der Waals surface area contributed by atoms with Gasteiger partial charge in [0.05, 0.1) is 7.11 Å². The summed E-state index contributed by atoms with van der Waals surface area (Å²) >= 11 is 0. The molecule has 8 heteroatoms. The van der Waals surface area contributed by atoms with Crippen LogP contribution < -0.4 is 9.64 Å². The summed E-state index contributed by atoms with van der Waals surface area (Å²) in [6.45, 7) is 1.41. The van der Waals surface area contributed by atoms with Gasteiger partial charge in [-0.1, -0.05) is 5.16 Å². The van der Waals surface area contributed by atoms with Crippen molar-refractivity contribution in [1.82, 2.24) is 10.1 Å². The fraction of sp³-hybridized carbons (Fsp3) is 0.500. The molecule has 1 aromatic heterocycles. The van der Waals surface area contributed by atoms with E-state index < -0.39 is 5.82 Å². The Morgan fingerprint density at radius 1 is 1.39 bits per heavy atom. The van der Waals surface area contributed by atoms with Gasteiger partial charge in [0.15, 0.2) is 23.1 Å². The van der Waals surface area contributed by atoms with E-state index >= 15 is 0 Å². The van der Waals surface area contributed by atoms with E-state index in [4.69, 9.17) is 14.4 Å². The Labute approximate surface area is 163 Å². The highest BCUT2D eigenvalue weighted by Gasteiger charge is 2.31. The number of rotatable bonds is 6. The van der Waals surface area contributed by atoms with Gasteiger partial charge in [-0.2, -0.15) is 0 Å². The van der Waals surface area contributed by atoms with Crippen LogP contribution in [0.5, 0.6) is 5.75 Å². The van der Waals surface area contributed by atoms with Gasteiger partial charge < -0.3 is 24.2 Å². The van der Waals surface area contributed by atoms with Crippen molar-refractivity contribution in [3.05, 3.63) is 29.6 Å². The van der Waals surface area contributed by atoms with Gasteiger partial charge in [-0.05, 0) is 43.4 Å². The number of hydrogen-bond donors (Lipinski definition) is 1. The highest BCUT2D eigenvalue weighted by molar-refractivity contribution is 6.04. The number of halogens is 1. The van der Waals surface area contributed by atoms with Crippen LogP contribution in [-0.4, -0.2) is 62.0 Å². The molecule has 1 amide bonds. The number of aliphatic hydroxyl groups excluding tert-OH is 1. The lowest BCUT2D eigenvalue weighted by molar-refractivity contribution is 0.0679. The molecule has 7 nitrogen and oxygen atoms in total. The normalized spacial score (nSPS) is 15.0. The van der Waals surface area contributed by atoms with Gasteiger partial charge in [0.2, 0.25) is 0 Å². The van der Waals surface area contributed by atoms with Crippen LogP contribution in [0.25, 0.3) is 11.3 Å². The van der Waals surface area contributed by atoms with Crippen molar-refractivity contribution < 1.29 is 23.6 Å². The second-order valence-electron chi connectivity index (χ2n) is 7.20. The summed E-state index contributed by atoms with van der Waals surface area (Å²) in [4.78, 5) is 16.8. The molecule has 0 radical (unpaired) electrons. The topological polar surface area (TPSA) is 79.0 Å². The predicted molar refractivity (Wildman–Crippen MR) is 103 cm³/mol. The molecule has 0 unspecified atom stereocenters. The Balaban J connectivity index is 1.94. The number of likely N-dealkylation sites (tertiary alicyclic amines) is 1. The summed E-state index contributed by atoms with van der Waals surface area (Å²) in [5, 5.41) is 13.2. The maximum absolute atomic E-state index is 13.8. The lowest BCUT2D eigenvalue weighted by Gasteiger charge is -2.32. The van der Waals surface area contributed by atoms with E-state index in [0.717, 1.165) is 19.3 Å². The number of carbonyl (C=O) groups excluding carboxylic acids is 1. The summed E-state index contributed by atoms with van der Waals surface area (Å²) in [6.07, 6.45) is 2.47. The van der Waals surface area contributed by atoms with Gasteiger partial charge >= 0.3 is 0 Å². The fourth-order valence-corrected chi connectivity index (χ4v) is 3.54. The standard InChI is InChI=1S/C20H26FN3O4/c1-23(2)19-17(20(26)24-9-6-13(7-10-24)8-11-25)18(28-22-19)14-4-5-15(21)16(12-14)27-3/h4-5,12-13,25H,6-11H2,1-3H3. The minimum atomic E-state index is -0.488. The second kappa shape index (κ2) is 8.60. The lowest BCUT2D eigenvalue weighted by Crippen LogP contribution is -2.39. The molecule has 1 saturated heterocycles. The van der Waals surface area contributed by atoms with Gasteiger partial charge in [-0.15, -0.1) is 0 Å². The first-order valence-corrected chi connectivity index (χ1v) is 9.37. The zero-order chi connectivity index (χ0) is 20.3. The molecular formula is C20H26FN3O4. The highest BCUT2D eigenvalue weighted by atomic mass is 19.1. The quantitative estimate of drug-likeness (QED) is 0.816. The Morgan fingerprint density at radius 2 is 2.11 bits per heavy atom. The summed E-state index contributed by atoms with van der Waals surface area (Å²) in [5.74, 6) is 0.586. The monoisotopic (exact) mass is 391 g/mol. The van der Waals surface area contributed by atoms with Crippen molar-refractivity contribution >= 4 is 11.7 Å². The number of methoxy groups -OCH3 is 1. The van der Waals surface area contributed by atoms with E-state index in [2.05, 4.69) is 5.16 Å². The third kappa shape index (κ3) is 3.96. The largest absolute Gasteiger partial charge is 0.494 e. The summed E-state index contributed by atoms with van der Waals surface area (Å²) < 4.78 is 24.3. The minimum Gasteiger partial charge on any atom is -0.494 e. The van der Waals surface area contributed by atoms with E-state index in [0.29, 0.717) is 41.7 Å². The molecule has 1 aliphatic rings. The number of piperidine rings is 1. The number of benzene rings is 1. The summed E-state index contributed by atoms with van der Waals surface area (Å²) in [5.41, 5.74) is 0.886. The van der Waals surface area contributed by atoms with Crippen molar-refractivity contribution in [2.45, 2.75) is 19.3 Å². The SMILES string of the molecule is COc1cc(-c2onc(N(C)C)c2C(=O)N2CCC(CCO)CC2)ccc1F. The smallest absolute Gasteiger partial charge is 0.261 e. The molecule has 0 aliphatic carbocycles. The summed E-state index contributed by atoms with van der Waals surface area (Å²) in [6, 6.07) is 4.32. The van der Waals surface area contributed by atoms with Gasteiger partial charge in [-0.25, -0.2) is 4.39 Å². The molecule has 28 heavy (non-hydrogen) atoms. The van der Waals surface area contributed by atoms with E-state index in [1.54, 1.807) is 30.0 Å². The fourth-order valence-electron chi connectivity index (χ4n) is 3.54. The molecule has 1 aliphatic heterocycles. The van der Waals surface area contributed by atoms with Gasteiger partial charge in [0, 0.05) is 39.4 Å². The van der Waals surface area contributed by atoms with Crippen LogP contribution in [0.3, 0.4) is 0 Å². The van der Waals surface area contributed by atoms with Gasteiger partial charge in [0.1, 0.15) is 5.56 Å². The third-order valence-corrected chi connectivity index (χ3v) is 5.16. The Kier molecular flexibility index (Phi) is 6.18. The number of ether oxygens (including phenoxy) is 1. The molecule has 0 atom stereocenters. The maximum atomic E-state index is 13.8. The zero-order valence-corrected chi connectivity index (χ0v) is 16.4. The first-order chi connectivity index (χ1) is 13.5. The molecule has 2 aromatic rings. The molecular weight excluding hydrogens is 365 g/mol. The number of nitrogens with zero attached hydrogens (tertiary/aromatic N) is 3. The minimum absolute atomic E-state index is 0.0727. The molecule has 0 spiro atoms. The van der Waals surface area contributed by atoms with Crippen LogP contribution in [0.15, 0.2) is 22.7 Å². The van der Waals surface area contributed by atoms with E-state index in [-0.39, 0.29) is 18.3 Å². The number of hydrogen-bond acceptors (Lipinski definition) is 6. The average Bonchev–Trinajstić information content (AvgIpc) is 3.14. The van der Waals surface area contributed by atoms with Crippen LogP contribution in [0.2, 0.25) is 0 Å². The molecule has 1 fully saturated rings. The molecule has 1 N–H and O–H groups in total. The van der Waals surface area contributed by atoms with Gasteiger partial charge in [-0.3, -0.25) is 4.79 Å². The van der Waals surface area contributed by atoms with Crippen LogP contribution in [0.4, 0.5) is 10.2 Å². The van der Waals surface area contributed by atoms with Crippen molar-refractivity contribution in [1.29, 1.82) is 0 Å². The van der Waals surface area contributed by atoms with Crippen molar-refractivity contribution in [2.75, 3.05) is 45.8 Å². The molecule has 2 heterocycles. The first-order valence-electron chi connectivity index (χ1n) is 9.37. The number of carbonyl (C=O) groups is 1. The Morgan fingerprint density at radius 3 is 2.71 bits per heavy atom. The first kappa shape index (κ1) is 20.1. The highest BCUT2D eigenvalue weighted by Crippen LogP contribution is 2.35. The van der Waals surface area contributed by atoms with Crippen molar-refractivity contribution in [2.24, 2.45) is 5.92 Å². The zero-order valence-electron chi connectivity index (χ0n) is 16.4. The van der Waals surface area contributed by atoms with Crippen molar-refractivity contribution in [3.8, 4) is 17.1 Å².